The Morgan fingerprint density at radius 1 is 1.35 bits per heavy atom. The highest BCUT2D eigenvalue weighted by Crippen LogP contribution is 2.27. The molecule has 26 heavy (non-hydrogen) atoms. The molecule has 1 aliphatic heterocycles. The van der Waals surface area contributed by atoms with E-state index in [9.17, 15) is 18.4 Å². The van der Waals surface area contributed by atoms with Gasteiger partial charge in [0.15, 0.2) is 11.6 Å². The lowest BCUT2D eigenvalue weighted by Crippen LogP contribution is -2.45. The summed E-state index contributed by atoms with van der Waals surface area (Å²) in [6, 6.07) is 1.36. The number of nitrogens with one attached hydrogen (secondary N) is 2. The zero-order valence-electron chi connectivity index (χ0n) is 14.2. The predicted octanol–water partition coefficient (Wildman–Crippen LogP) is 2.29. The molecule has 7 nitrogen and oxygen atoms in total. The minimum absolute atomic E-state index is 0.0135. The summed E-state index contributed by atoms with van der Waals surface area (Å²) in [4.78, 5) is 25.5. The number of carbonyl (C=O) groups excluding carboxylic acids is 2. The number of rotatable bonds is 4. The average molecular weight is 361 g/mol. The maximum atomic E-state index is 13.9. The summed E-state index contributed by atoms with van der Waals surface area (Å²) in [6.45, 7) is 3.15. The van der Waals surface area contributed by atoms with E-state index in [4.69, 9.17) is 0 Å². The zero-order chi connectivity index (χ0) is 18.8. The van der Waals surface area contributed by atoms with E-state index < -0.39 is 23.6 Å². The van der Waals surface area contributed by atoms with Gasteiger partial charge in [-0.05, 0) is 37.1 Å². The van der Waals surface area contributed by atoms with Gasteiger partial charge in [0.05, 0.1) is 30.7 Å². The van der Waals surface area contributed by atoms with Crippen molar-refractivity contribution in [3.8, 4) is 0 Å². The molecule has 9 heteroatoms. The third-order valence-corrected chi connectivity index (χ3v) is 4.22. The second kappa shape index (κ2) is 7.03. The largest absolute Gasteiger partial charge is 0.348 e. The van der Waals surface area contributed by atoms with Crippen LogP contribution in [0.5, 0.6) is 0 Å². The first-order valence-electron chi connectivity index (χ1n) is 7.96. The Morgan fingerprint density at radius 2 is 2.08 bits per heavy atom. The molecule has 2 aromatic rings. The molecule has 1 atom stereocenters. The first kappa shape index (κ1) is 17.7. The normalized spacial score (nSPS) is 14.5. The van der Waals surface area contributed by atoms with Gasteiger partial charge in [-0.2, -0.15) is 10.2 Å². The van der Waals surface area contributed by atoms with Crippen molar-refractivity contribution in [2.45, 2.75) is 26.4 Å². The number of hydrogen-bond acceptors (Lipinski definition) is 4. The van der Waals surface area contributed by atoms with Crippen LogP contribution in [0.1, 0.15) is 29.7 Å². The monoisotopic (exact) mass is 361 g/mol. The number of aromatic nitrogens is 2. The van der Waals surface area contributed by atoms with Gasteiger partial charge < -0.3 is 15.5 Å². The van der Waals surface area contributed by atoms with Crippen LogP contribution in [0, 0.1) is 18.6 Å². The molecule has 3 rings (SSSR count). The van der Waals surface area contributed by atoms with E-state index in [0.29, 0.717) is 0 Å². The molecule has 0 aliphatic carbocycles. The number of urea groups is 1. The van der Waals surface area contributed by atoms with Gasteiger partial charge in [0.2, 0.25) is 5.91 Å². The summed E-state index contributed by atoms with van der Waals surface area (Å²) < 4.78 is 27.3. The average Bonchev–Trinajstić information content (AvgIpc) is 2.60. The van der Waals surface area contributed by atoms with Crippen LogP contribution in [-0.4, -0.2) is 33.6 Å². The van der Waals surface area contributed by atoms with Crippen LogP contribution in [0.4, 0.5) is 19.3 Å². The van der Waals surface area contributed by atoms with Crippen molar-refractivity contribution in [2.24, 2.45) is 0 Å². The Hall–Kier alpha value is -3.10. The smallest absolute Gasteiger partial charge is 0.322 e. The quantitative estimate of drug-likeness (QED) is 0.875. The summed E-state index contributed by atoms with van der Waals surface area (Å²) in [7, 11) is 0. The molecule has 136 valence electrons. The van der Waals surface area contributed by atoms with Gasteiger partial charge in [-0.3, -0.25) is 4.79 Å². The van der Waals surface area contributed by atoms with Crippen molar-refractivity contribution in [1.29, 1.82) is 0 Å². The van der Waals surface area contributed by atoms with Crippen molar-refractivity contribution in [3.63, 3.8) is 0 Å². The van der Waals surface area contributed by atoms with Gasteiger partial charge in [-0.25, -0.2) is 13.6 Å². The number of anilines is 1. The zero-order valence-corrected chi connectivity index (χ0v) is 14.2. The molecule has 0 saturated carbocycles. The number of carbonyl (C=O) groups is 2. The number of aryl methyl sites for hydroxylation is 1. The third-order valence-electron chi connectivity index (χ3n) is 4.22. The molecule has 0 saturated heterocycles. The highest BCUT2D eigenvalue weighted by atomic mass is 19.2. The second-order valence-corrected chi connectivity index (χ2v) is 6.09. The van der Waals surface area contributed by atoms with E-state index in [1.165, 1.54) is 6.07 Å². The van der Waals surface area contributed by atoms with Crippen molar-refractivity contribution in [1.82, 2.24) is 20.4 Å². The van der Waals surface area contributed by atoms with Gasteiger partial charge in [0.25, 0.3) is 0 Å². The van der Waals surface area contributed by atoms with Crippen molar-refractivity contribution in [2.75, 3.05) is 11.9 Å². The number of hydrogen-bond donors (Lipinski definition) is 2. The van der Waals surface area contributed by atoms with Gasteiger partial charge in [0.1, 0.15) is 6.54 Å². The second-order valence-electron chi connectivity index (χ2n) is 6.09. The van der Waals surface area contributed by atoms with Crippen LogP contribution in [-0.2, 0) is 11.3 Å². The molecule has 0 unspecified atom stereocenters. The molecule has 2 heterocycles. The predicted molar refractivity (Wildman–Crippen MR) is 89.1 cm³/mol. The molecule has 1 aromatic carbocycles. The Balaban J connectivity index is 1.69. The van der Waals surface area contributed by atoms with Crippen molar-refractivity contribution >= 4 is 17.6 Å². The molecular weight excluding hydrogens is 344 g/mol. The van der Waals surface area contributed by atoms with E-state index in [1.807, 2.05) is 6.92 Å². The number of nitrogens with zero attached hydrogens (tertiary/aromatic N) is 3. The molecule has 3 amide bonds. The minimum Gasteiger partial charge on any atom is -0.348 e. The fraction of sp³-hybridized carbons (Fsp3) is 0.294. The lowest BCUT2D eigenvalue weighted by atomic mass is 10.1. The molecular formula is C17H17F2N5O2. The highest BCUT2D eigenvalue weighted by Gasteiger charge is 2.28. The van der Waals surface area contributed by atoms with Crippen LogP contribution in [0.3, 0.4) is 0 Å². The molecule has 0 fully saturated rings. The highest BCUT2D eigenvalue weighted by molar-refractivity contribution is 5.94. The van der Waals surface area contributed by atoms with Crippen LogP contribution < -0.4 is 10.6 Å². The Bertz CT molecular complexity index is 874. The molecule has 1 aliphatic rings. The summed E-state index contributed by atoms with van der Waals surface area (Å²) in [5.41, 5.74) is 1.89. The summed E-state index contributed by atoms with van der Waals surface area (Å²) in [5, 5.41) is 12.8. The van der Waals surface area contributed by atoms with Crippen LogP contribution in [0.25, 0.3) is 0 Å². The van der Waals surface area contributed by atoms with Gasteiger partial charge in [-0.1, -0.05) is 0 Å². The molecule has 1 aromatic heterocycles. The topological polar surface area (TPSA) is 87.2 Å². The summed E-state index contributed by atoms with van der Waals surface area (Å²) in [6.07, 6.45) is 3.15. The Kier molecular flexibility index (Phi) is 4.79. The number of amides is 3. The van der Waals surface area contributed by atoms with Crippen molar-refractivity contribution in [3.05, 3.63) is 52.9 Å². The van der Waals surface area contributed by atoms with E-state index in [1.54, 1.807) is 19.3 Å². The lowest BCUT2D eigenvalue weighted by molar-refractivity contribution is -0.122. The summed E-state index contributed by atoms with van der Waals surface area (Å²) >= 11 is 0. The van der Waals surface area contributed by atoms with Gasteiger partial charge in [0, 0.05) is 5.56 Å². The SMILES string of the molecule is Cc1cnncc1[C@H](C)NC(=O)CN1Cc2c(ccc(F)c2F)NC1=O. The number of benzene rings is 1. The molecule has 0 bridgehead atoms. The first-order valence-corrected chi connectivity index (χ1v) is 7.96. The van der Waals surface area contributed by atoms with E-state index >= 15 is 0 Å². The van der Waals surface area contributed by atoms with E-state index in [2.05, 4.69) is 20.8 Å². The summed E-state index contributed by atoms with van der Waals surface area (Å²) in [5.74, 6) is -2.46. The minimum atomic E-state index is -1.03. The fourth-order valence-corrected chi connectivity index (χ4v) is 2.83. The third kappa shape index (κ3) is 3.46. The Morgan fingerprint density at radius 3 is 2.81 bits per heavy atom. The van der Waals surface area contributed by atoms with Crippen LogP contribution in [0.2, 0.25) is 0 Å². The number of halogens is 2. The van der Waals surface area contributed by atoms with Crippen LogP contribution >= 0.6 is 0 Å². The van der Waals surface area contributed by atoms with Gasteiger partial charge >= 0.3 is 6.03 Å². The maximum absolute atomic E-state index is 13.9. The fourth-order valence-electron chi connectivity index (χ4n) is 2.83. The molecule has 0 spiro atoms. The van der Waals surface area contributed by atoms with E-state index in [-0.39, 0.29) is 30.4 Å². The van der Waals surface area contributed by atoms with Crippen LogP contribution in [0.15, 0.2) is 24.5 Å². The maximum Gasteiger partial charge on any atom is 0.322 e. The first-order chi connectivity index (χ1) is 12.4. The molecule has 0 radical (unpaired) electrons. The molecule has 2 N–H and O–H groups in total. The van der Waals surface area contributed by atoms with Gasteiger partial charge in [-0.15, -0.1) is 0 Å². The lowest BCUT2D eigenvalue weighted by Gasteiger charge is -2.29. The van der Waals surface area contributed by atoms with Crippen molar-refractivity contribution < 1.29 is 18.4 Å². The van der Waals surface area contributed by atoms with E-state index in [0.717, 1.165) is 22.1 Å². The standard InChI is InChI=1S/C17H17F2N5O2/c1-9-5-20-21-6-11(9)10(2)22-15(25)8-24-7-12-14(23-17(24)26)4-3-13(18)16(12)19/h3-6,10H,7-8H2,1-2H3,(H,22,25)(H,23,26)/t10-/m0/s1. The number of fused-ring (bicyclic) bond motifs is 1. The Labute approximate surface area is 148 Å².